The first-order chi connectivity index (χ1) is 11.0. The van der Waals surface area contributed by atoms with Crippen LogP contribution in [0.15, 0.2) is 30.3 Å². The summed E-state index contributed by atoms with van der Waals surface area (Å²) in [7, 11) is 2.85. The van der Waals surface area contributed by atoms with Crippen molar-refractivity contribution in [2.45, 2.75) is 6.10 Å². The van der Waals surface area contributed by atoms with Crippen molar-refractivity contribution in [3.63, 3.8) is 0 Å². The molecule has 8 heteroatoms. The lowest BCUT2D eigenvalue weighted by atomic mass is 10.1. The maximum Gasteiger partial charge on any atom is 0.334 e. The molecular formula is C15H17N3O5. The standard InChI is InChI=1S/C15H17N3O5/c1-22-10-5-3-9(4-6-10)11-7-12(18-17-11)14(19)16-8-13(23-2)15(20)21/h3-7,13H,8H2,1-2H3,(H,16,19)(H,17,18)(H,20,21). The summed E-state index contributed by atoms with van der Waals surface area (Å²) in [6.07, 6.45) is -1.09. The van der Waals surface area contributed by atoms with E-state index in [0.717, 1.165) is 11.3 Å². The third-order valence-corrected chi connectivity index (χ3v) is 3.22. The largest absolute Gasteiger partial charge is 0.497 e. The van der Waals surface area contributed by atoms with Crippen molar-refractivity contribution in [1.29, 1.82) is 0 Å². The zero-order valence-corrected chi connectivity index (χ0v) is 12.7. The summed E-state index contributed by atoms with van der Waals surface area (Å²) in [6.45, 7) is -0.137. The lowest BCUT2D eigenvalue weighted by Crippen LogP contribution is -2.37. The van der Waals surface area contributed by atoms with Gasteiger partial charge in [0.25, 0.3) is 5.91 Å². The Bertz CT molecular complexity index is 681. The number of carboxylic acid groups (broad SMARTS) is 1. The Hall–Kier alpha value is -2.87. The highest BCUT2D eigenvalue weighted by molar-refractivity contribution is 5.93. The molecule has 1 unspecified atom stereocenters. The number of carbonyl (C=O) groups excluding carboxylic acids is 1. The molecule has 3 N–H and O–H groups in total. The average molecular weight is 319 g/mol. The molecule has 2 rings (SSSR count). The quantitative estimate of drug-likeness (QED) is 0.699. The monoisotopic (exact) mass is 319 g/mol. The molecular weight excluding hydrogens is 302 g/mol. The molecule has 0 aliphatic rings. The number of hydrogen-bond acceptors (Lipinski definition) is 5. The molecule has 0 saturated carbocycles. The van der Waals surface area contributed by atoms with E-state index < -0.39 is 18.0 Å². The molecule has 122 valence electrons. The van der Waals surface area contributed by atoms with Crippen LogP contribution in [0.25, 0.3) is 11.3 Å². The zero-order valence-electron chi connectivity index (χ0n) is 12.7. The van der Waals surface area contributed by atoms with Gasteiger partial charge in [-0.25, -0.2) is 4.79 Å². The first kappa shape index (κ1) is 16.5. The fraction of sp³-hybridized carbons (Fsp3) is 0.267. The van der Waals surface area contributed by atoms with Gasteiger partial charge < -0.3 is 19.9 Å². The second-order valence-corrected chi connectivity index (χ2v) is 4.67. The molecule has 0 radical (unpaired) electrons. The number of carbonyl (C=O) groups is 2. The molecule has 1 aromatic heterocycles. The number of hydrogen-bond donors (Lipinski definition) is 3. The molecule has 0 spiro atoms. The molecule has 1 heterocycles. The molecule has 0 aliphatic carbocycles. The van der Waals surface area contributed by atoms with Crippen LogP contribution in [0.2, 0.25) is 0 Å². The van der Waals surface area contributed by atoms with Crippen molar-refractivity contribution in [2.75, 3.05) is 20.8 Å². The summed E-state index contributed by atoms with van der Waals surface area (Å²) < 4.78 is 9.82. The van der Waals surface area contributed by atoms with E-state index >= 15 is 0 Å². The van der Waals surface area contributed by atoms with Crippen LogP contribution in [0.4, 0.5) is 0 Å². The van der Waals surface area contributed by atoms with E-state index in [2.05, 4.69) is 15.5 Å². The van der Waals surface area contributed by atoms with Gasteiger partial charge in [-0.15, -0.1) is 0 Å². The first-order valence-electron chi connectivity index (χ1n) is 6.78. The second-order valence-electron chi connectivity index (χ2n) is 4.67. The summed E-state index contributed by atoms with van der Waals surface area (Å²) in [5, 5.41) is 18.0. The minimum Gasteiger partial charge on any atom is -0.497 e. The average Bonchev–Trinajstić information content (AvgIpc) is 3.05. The van der Waals surface area contributed by atoms with E-state index in [1.54, 1.807) is 25.3 Å². The fourth-order valence-corrected chi connectivity index (χ4v) is 1.90. The van der Waals surface area contributed by atoms with Gasteiger partial charge in [-0.2, -0.15) is 5.10 Å². The van der Waals surface area contributed by atoms with Gasteiger partial charge in [-0.05, 0) is 30.3 Å². The van der Waals surface area contributed by atoms with Gasteiger partial charge in [-0.3, -0.25) is 9.89 Å². The third-order valence-electron chi connectivity index (χ3n) is 3.22. The summed E-state index contributed by atoms with van der Waals surface area (Å²) in [6, 6.07) is 8.81. The van der Waals surface area contributed by atoms with E-state index in [1.807, 2.05) is 12.1 Å². The van der Waals surface area contributed by atoms with Crippen LogP contribution in [0.3, 0.4) is 0 Å². The van der Waals surface area contributed by atoms with Crippen molar-refractivity contribution in [3.05, 3.63) is 36.0 Å². The van der Waals surface area contributed by atoms with Crippen LogP contribution in [0, 0.1) is 0 Å². The number of H-pyrrole nitrogens is 1. The number of nitrogens with one attached hydrogen (secondary N) is 2. The molecule has 0 aliphatic heterocycles. The number of aromatic nitrogens is 2. The number of benzene rings is 1. The number of rotatable bonds is 7. The Morgan fingerprint density at radius 1 is 1.30 bits per heavy atom. The molecule has 0 saturated heterocycles. The maximum absolute atomic E-state index is 12.0. The minimum absolute atomic E-state index is 0.137. The predicted octanol–water partition coefficient (Wildman–Crippen LogP) is 0.915. The molecule has 0 bridgehead atoms. The molecule has 8 nitrogen and oxygen atoms in total. The lowest BCUT2D eigenvalue weighted by Gasteiger charge is -2.10. The number of aromatic amines is 1. The molecule has 1 amide bonds. The third kappa shape index (κ3) is 4.07. The Morgan fingerprint density at radius 2 is 2.00 bits per heavy atom. The number of methoxy groups -OCH3 is 2. The minimum atomic E-state index is -1.14. The van der Waals surface area contributed by atoms with Gasteiger partial charge in [0.15, 0.2) is 6.10 Å². The Labute approximate surface area is 132 Å². The molecule has 1 aromatic carbocycles. The van der Waals surface area contributed by atoms with Gasteiger partial charge in [0.2, 0.25) is 0 Å². The number of aliphatic carboxylic acids is 1. The van der Waals surface area contributed by atoms with Crippen LogP contribution in [-0.4, -0.2) is 54.0 Å². The first-order valence-corrected chi connectivity index (χ1v) is 6.78. The second kappa shape index (κ2) is 7.41. The highest BCUT2D eigenvalue weighted by Gasteiger charge is 2.18. The topological polar surface area (TPSA) is 114 Å². The fourth-order valence-electron chi connectivity index (χ4n) is 1.90. The van der Waals surface area contributed by atoms with Gasteiger partial charge >= 0.3 is 5.97 Å². The lowest BCUT2D eigenvalue weighted by molar-refractivity contribution is -0.148. The normalized spacial score (nSPS) is 11.7. The highest BCUT2D eigenvalue weighted by Crippen LogP contribution is 2.21. The molecule has 0 fully saturated rings. The van der Waals surface area contributed by atoms with Crippen LogP contribution in [-0.2, 0) is 9.53 Å². The number of amides is 1. The Kier molecular flexibility index (Phi) is 5.32. The summed E-state index contributed by atoms with van der Waals surface area (Å²) in [5.41, 5.74) is 1.65. The highest BCUT2D eigenvalue weighted by atomic mass is 16.5. The van der Waals surface area contributed by atoms with E-state index in [-0.39, 0.29) is 12.2 Å². The van der Waals surface area contributed by atoms with Gasteiger partial charge in [0.1, 0.15) is 11.4 Å². The van der Waals surface area contributed by atoms with Crippen LogP contribution < -0.4 is 10.1 Å². The van der Waals surface area contributed by atoms with E-state index in [1.165, 1.54) is 7.11 Å². The number of ether oxygens (including phenoxy) is 2. The van der Waals surface area contributed by atoms with Crippen molar-refractivity contribution in [1.82, 2.24) is 15.5 Å². The predicted molar refractivity (Wildman–Crippen MR) is 81.3 cm³/mol. The van der Waals surface area contributed by atoms with E-state index in [4.69, 9.17) is 14.6 Å². The van der Waals surface area contributed by atoms with Crippen LogP contribution in [0.1, 0.15) is 10.5 Å². The van der Waals surface area contributed by atoms with Crippen molar-refractivity contribution in [2.24, 2.45) is 0 Å². The van der Waals surface area contributed by atoms with Crippen molar-refractivity contribution < 1.29 is 24.2 Å². The molecule has 2 aromatic rings. The number of nitrogens with zero attached hydrogens (tertiary/aromatic N) is 1. The zero-order chi connectivity index (χ0) is 16.8. The maximum atomic E-state index is 12.0. The van der Waals surface area contributed by atoms with Crippen molar-refractivity contribution >= 4 is 11.9 Å². The summed E-state index contributed by atoms with van der Waals surface area (Å²) in [4.78, 5) is 22.8. The number of carboxylic acids is 1. The Balaban J connectivity index is 2.03. The SMILES string of the molecule is COc1ccc(-c2cc(C(=O)NCC(OC)C(=O)O)[nH]n2)cc1. The smallest absolute Gasteiger partial charge is 0.334 e. The van der Waals surface area contributed by atoms with Gasteiger partial charge in [-0.1, -0.05) is 0 Å². The molecule has 1 atom stereocenters. The van der Waals surface area contributed by atoms with Crippen LogP contribution >= 0.6 is 0 Å². The Morgan fingerprint density at radius 3 is 2.57 bits per heavy atom. The summed E-state index contributed by atoms with van der Waals surface area (Å²) in [5.74, 6) is -0.876. The summed E-state index contributed by atoms with van der Waals surface area (Å²) >= 11 is 0. The van der Waals surface area contributed by atoms with E-state index in [9.17, 15) is 9.59 Å². The van der Waals surface area contributed by atoms with Crippen molar-refractivity contribution in [3.8, 4) is 17.0 Å². The van der Waals surface area contributed by atoms with E-state index in [0.29, 0.717) is 5.69 Å². The molecule has 23 heavy (non-hydrogen) atoms. The van der Waals surface area contributed by atoms with Crippen LogP contribution in [0.5, 0.6) is 5.75 Å². The van der Waals surface area contributed by atoms with Gasteiger partial charge in [0, 0.05) is 12.7 Å². The van der Waals surface area contributed by atoms with Gasteiger partial charge in [0.05, 0.1) is 19.3 Å².